The number of benzene rings is 1. The number of rotatable bonds is 17. The largest absolute Gasteiger partial charge is 0.508 e. The minimum Gasteiger partial charge on any atom is -0.508 e. The first-order valence-corrected chi connectivity index (χ1v) is 24.9. The number of phenolic OH excluding ortho intramolecular Hbond substituents is 1. The van der Waals surface area contributed by atoms with Gasteiger partial charge in [-0.3, -0.25) is 33.6 Å². The molecule has 4 rings (SSSR count). The molecule has 23 heteroatoms. The number of amides is 7. The lowest BCUT2D eigenvalue weighted by molar-refractivity contribution is -0.147. The molecule has 3 fully saturated rings. The van der Waals surface area contributed by atoms with Crippen molar-refractivity contribution in [1.29, 1.82) is 0 Å². The van der Waals surface area contributed by atoms with E-state index in [-0.39, 0.29) is 23.8 Å². The molecule has 7 amide bonds. The summed E-state index contributed by atoms with van der Waals surface area (Å²) in [4.78, 5) is 101. The first-order chi connectivity index (χ1) is 33.6. The van der Waals surface area contributed by atoms with Gasteiger partial charge < -0.3 is 82.3 Å². The maximum Gasteiger partial charge on any atom is 0.248 e. The number of aromatic hydroxyl groups is 1. The van der Waals surface area contributed by atoms with E-state index in [1.165, 1.54) is 19.1 Å². The molecule has 400 valence electrons. The highest BCUT2D eigenvalue weighted by Gasteiger charge is 2.49. The maximum absolute atomic E-state index is 14.4. The van der Waals surface area contributed by atoms with E-state index >= 15 is 0 Å². The van der Waals surface area contributed by atoms with E-state index in [1.54, 1.807) is 0 Å². The first kappa shape index (κ1) is 58.6. The number of nitrogens with zero attached hydrogens (tertiary/aromatic N) is 2. The minimum atomic E-state index is -2.26. The summed E-state index contributed by atoms with van der Waals surface area (Å²) in [7, 11) is 0. The number of nitrogens with one attached hydrogen (secondary N) is 5. The zero-order valence-corrected chi connectivity index (χ0v) is 41.2. The van der Waals surface area contributed by atoms with Gasteiger partial charge in [-0.2, -0.15) is 0 Å². The third-order valence-electron chi connectivity index (χ3n) is 14.0. The molecule has 0 spiro atoms. The van der Waals surface area contributed by atoms with Crippen molar-refractivity contribution in [2.75, 3.05) is 19.7 Å². The third-order valence-corrected chi connectivity index (χ3v) is 14.0. The van der Waals surface area contributed by atoms with Crippen molar-refractivity contribution >= 4 is 41.4 Å². The van der Waals surface area contributed by atoms with Gasteiger partial charge in [0.25, 0.3) is 0 Å². The van der Waals surface area contributed by atoms with Crippen molar-refractivity contribution in [3.05, 3.63) is 29.8 Å². The molecular weight excluding hydrogens is 931 g/mol. The van der Waals surface area contributed by atoms with Crippen LogP contribution in [0.5, 0.6) is 5.75 Å². The molecule has 1 aromatic carbocycles. The molecule has 0 aromatic heterocycles. The molecule has 3 saturated heterocycles. The Labute approximate surface area is 413 Å². The molecule has 14 N–H and O–H groups in total. The van der Waals surface area contributed by atoms with Crippen LogP contribution in [0.3, 0.4) is 0 Å². The highest BCUT2D eigenvalue weighted by Crippen LogP contribution is 2.28. The van der Waals surface area contributed by atoms with E-state index in [4.69, 9.17) is 0 Å². The molecule has 3 aliphatic rings. The van der Waals surface area contributed by atoms with Crippen LogP contribution < -0.4 is 26.6 Å². The fourth-order valence-corrected chi connectivity index (χ4v) is 9.42. The molecule has 3 heterocycles. The molecule has 23 nitrogen and oxygen atoms in total. The average molecular weight is 1010 g/mol. The minimum absolute atomic E-state index is 0.0580. The van der Waals surface area contributed by atoms with Gasteiger partial charge in [0.15, 0.2) is 6.23 Å². The van der Waals surface area contributed by atoms with Gasteiger partial charge >= 0.3 is 0 Å². The van der Waals surface area contributed by atoms with Crippen LogP contribution in [0.1, 0.15) is 117 Å². The van der Waals surface area contributed by atoms with Gasteiger partial charge in [0.1, 0.15) is 60.3 Å². The van der Waals surface area contributed by atoms with E-state index < -0.39 is 158 Å². The number of hydrogen-bond donors (Lipinski definition) is 14. The van der Waals surface area contributed by atoms with Crippen LogP contribution >= 0.6 is 0 Å². The van der Waals surface area contributed by atoms with Crippen LogP contribution in [-0.2, 0) is 33.6 Å². The summed E-state index contributed by atoms with van der Waals surface area (Å²) < 4.78 is 0. The van der Waals surface area contributed by atoms with E-state index in [9.17, 15) is 79.5 Å². The van der Waals surface area contributed by atoms with Crippen molar-refractivity contribution in [2.45, 2.75) is 184 Å². The second kappa shape index (κ2) is 27.2. The number of aliphatic hydroxyl groups excluding tert-OH is 8. The quantitative estimate of drug-likeness (QED) is 0.0705. The summed E-state index contributed by atoms with van der Waals surface area (Å²) >= 11 is 0. The van der Waals surface area contributed by atoms with Crippen LogP contribution in [-0.4, -0.2) is 190 Å². The predicted molar refractivity (Wildman–Crippen MR) is 253 cm³/mol. The number of fused-ring (bicyclic) bond motifs is 2. The van der Waals surface area contributed by atoms with Gasteiger partial charge in [0.05, 0.1) is 24.9 Å². The van der Waals surface area contributed by atoms with Crippen LogP contribution in [0.4, 0.5) is 0 Å². The Morgan fingerprint density at radius 2 is 1.37 bits per heavy atom. The van der Waals surface area contributed by atoms with Crippen LogP contribution in [0.15, 0.2) is 24.3 Å². The molecule has 0 aliphatic carbocycles. The van der Waals surface area contributed by atoms with Gasteiger partial charge in [-0.25, -0.2) is 0 Å². The third kappa shape index (κ3) is 15.3. The molecule has 0 saturated carbocycles. The molecule has 16 atom stereocenters. The Kier molecular flexibility index (Phi) is 22.4. The van der Waals surface area contributed by atoms with Gasteiger partial charge in [-0.15, -0.1) is 0 Å². The maximum atomic E-state index is 14.4. The zero-order chi connectivity index (χ0) is 52.9. The average Bonchev–Trinajstić information content (AvgIpc) is 3.88. The van der Waals surface area contributed by atoms with Gasteiger partial charge in [-0.1, -0.05) is 91.2 Å². The topological polar surface area (TPSA) is 368 Å². The Balaban J connectivity index is 1.78. The van der Waals surface area contributed by atoms with Gasteiger partial charge in [0.2, 0.25) is 41.4 Å². The second-order valence-corrected chi connectivity index (χ2v) is 19.5. The van der Waals surface area contributed by atoms with Gasteiger partial charge in [-0.05, 0) is 37.0 Å². The SMILES string of the molecule is CCCCCCCCCC(C(=O)NC1CC(O)C(O)NC(=O)C2C(O)C(C)CN2C(=O)C(CO)NC(=O)C(C(O)C(O)c2ccc(O)cc2)NC(=O)C2CC(O)CN2C(=O)C(C(C)O)NC1=O)C(C)CC. The Hall–Kier alpha value is -5.01. The summed E-state index contributed by atoms with van der Waals surface area (Å²) in [6, 6.07) is -6.55. The molecular formula is C48H77N7O16. The molecule has 16 unspecified atom stereocenters. The normalized spacial score (nSPS) is 30.6. The Morgan fingerprint density at radius 1 is 0.746 bits per heavy atom. The highest BCUT2D eigenvalue weighted by atomic mass is 16.3. The Morgan fingerprint density at radius 3 is 1.97 bits per heavy atom. The van der Waals surface area contributed by atoms with Crippen molar-refractivity contribution < 1.29 is 79.5 Å². The lowest BCUT2D eigenvalue weighted by Crippen LogP contribution is -2.63. The molecule has 71 heavy (non-hydrogen) atoms. The lowest BCUT2D eigenvalue weighted by atomic mass is 9.86. The van der Waals surface area contributed by atoms with Crippen LogP contribution in [0, 0.1) is 17.8 Å². The summed E-state index contributed by atoms with van der Waals surface area (Å²) in [6.07, 6.45) is -6.62. The lowest BCUT2D eigenvalue weighted by Gasteiger charge is -2.33. The smallest absolute Gasteiger partial charge is 0.248 e. The molecule has 1 aromatic rings. The molecule has 0 bridgehead atoms. The summed E-state index contributed by atoms with van der Waals surface area (Å²) in [5, 5.41) is 110. The van der Waals surface area contributed by atoms with Crippen molar-refractivity contribution in [1.82, 2.24) is 36.4 Å². The first-order valence-electron chi connectivity index (χ1n) is 24.9. The highest BCUT2D eigenvalue weighted by molar-refractivity contribution is 5.98. The monoisotopic (exact) mass is 1010 g/mol. The van der Waals surface area contributed by atoms with E-state index in [0.29, 0.717) is 19.3 Å². The fraction of sp³-hybridized carbons (Fsp3) is 0.729. The standard InChI is InChI=1S/C48H77N7O16/c1-6-8-9-10-11-12-13-14-30(24(3)7-2)41(64)49-31-20-34(60)44(67)53-46(69)37-38(61)25(4)21-55(37)47(70)32(23-56)50-45(68)36(40(63)39(62)27-15-17-28(58)18-16-27)52-43(66)33-19-29(59)22-54(33)48(71)35(26(5)57)51-42(31)65/h15-18,24-26,29-40,44,56-63,67H,6-14,19-23H2,1-5H3,(H,49,64)(H,50,68)(H,51,65)(H,52,66)(H,53,69). The predicted octanol–water partition coefficient (Wildman–Crippen LogP) is -2.73. The summed E-state index contributed by atoms with van der Waals surface area (Å²) in [5.41, 5.74) is -0.0580. The number of aliphatic hydroxyl groups is 8. The molecule has 3 aliphatic heterocycles. The Bertz CT molecular complexity index is 1960. The van der Waals surface area contributed by atoms with Crippen molar-refractivity contribution in [3.63, 3.8) is 0 Å². The van der Waals surface area contributed by atoms with Crippen LogP contribution in [0.2, 0.25) is 0 Å². The summed E-state index contributed by atoms with van der Waals surface area (Å²) in [5.74, 6) is -9.66. The number of hydrogen-bond acceptors (Lipinski definition) is 16. The number of carbonyl (C=O) groups excluding carboxylic acids is 7. The van der Waals surface area contributed by atoms with E-state index in [1.807, 2.05) is 13.8 Å². The number of carbonyl (C=O) groups is 7. The van der Waals surface area contributed by atoms with Gasteiger partial charge in [0, 0.05) is 37.8 Å². The van der Waals surface area contributed by atoms with Crippen LogP contribution in [0.25, 0.3) is 0 Å². The second-order valence-electron chi connectivity index (χ2n) is 19.5. The van der Waals surface area contributed by atoms with Crippen molar-refractivity contribution in [2.24, 2.45) is 17.8 Å². The fourth-order valence-electron chi connectivity index (χ4n) is 9.42. The van der Waals surface area contributed by atoms with E-state index in [2.05, 4.69) is 33.5 Å². The van der Waals surface area contributed by atoms with Crippen molar-refractivity contribution in [3.8, 4) is 5.75 Å². The summed E-state index contributed by atoms with van der Waals surface area (Å²) in [6.45, 7) is 6.46. The number of phenols is 1. The molecule has 0 radical (unpaired) electrons. The zero-order valence-electron chi connectivity index (χ0n) is 41.2. The number of unbranched alkanes of at least 4 members (excludes halogenated alkanes) is 6. The van der Waals surface area contributed by atoms with E-state index in [0.717, 1.165) is 67.4 Å².